The van der Waals surface area contributed by atoms with E-state index in [1.807, 2.05) is 4.72 Å². The summed E-state index contributed by atoms with van der Waals surface area (Å²) in [5.74, 6) is -4.72. The van der Waals surface area contributed by atoms with Crippen molar-refractivity contribution in [1.82, 2.24) is 5.32 Å². The third-order valence-corrected chi connectivity index (χ3v) is 3.93. The van der Waals surface area contributed by atoms with Crippen molar-refractivity contribution in [3.8, 4) is 0 Å². The van der Waals surface area contributed by atoms with Crippen LogP contribution in [-0.2, 0) is 10.0 Å². The minimum absolute atomic E-state index is 0.218. The molecule has 0 amide bonds. The minimum Gasteiger partial charge on any atom is -0.313 e. The molecule has 1 aliphatic carbocycles. The van der Waals surface area contributed by atoms with Crippen molar-refractivity contribution in [2.45, 2.75) is 18.9 Å². The van der Waals surface area contributed by atoms with Gasteiger partial charge in [0.15, 0.2) is 17.5 Å². The number of hydrogen-bond donors (Lipinski definition) is 2. The van der Waals surface area contributed by atoms with Crippen molar-refractivity contribution in [1.29, 1.82) is 0 Å². The second-order valence-corrected chi connectivity index (χ2v) is 6.25. The van der Waals surface area contributed by atoms with E-state index >= 15 is 0 Å². The summed E-state index contributed by atoms with van der Waals surface area (Å²) in [4.78, 5) is 0. The van der Waals surface area contributed by atoms with E-state index in [1.165, 1.54) is 0 Å². The van der Waals surface area contributed by atoms with Crippen molar-refractivity contribution in [3.63, 3.8) is 0 Å². The third kappa shape index (κ3) is 4.10. The minimum atomic E-state index is -3.72. The van der Waals surface area contributed by atoms with Crippen molar-refractivity contribution in [2.24, 2.45) is 0 Å². The average molecular weight is 294 g/mol. The molecule has 2 rings (SSSR count). The molecule has 19 heavy (non-hydrogen) atoms. The normalized spacial score (nSPS) is 15.5. The highest BCUT2D eigenvalue weighted by molar-refractivity contribution is 7.92. The monoisotopic (exact) mass is 294 g/mol. The van der Waals surface area contributed by atoms with Crippen LogP contribution in [0.1, 0.15) is 12.8 Å². The molecule has 2 N–H and O–H groups in total. The molecular formula is C11H13F3N2O2S. The van der Waals surface area contributed by atoms with E-state index in [0.717, 1.165) is 12.8 Å². The van der Waals surface area contributed by atoms with Gasteiger partial charge in [0.25, 0.3) is 0 Å². The second kappa shape index (κ2) is 5.38. The summed E-state index contributed by atoms with van der Waals surface area (Å²) in [6.45, 7) is 0.256. The van der Waals surface area contributed by atoms with Gasteiger partial charge in [-0.1, -0.05) is 0 Å². The Kier molecular flexibility index (Phi) is 4.00. The zero-order valence-corrected chi connectivity index (χ0v) is 10.7. The van der Waals surface area contributed by atoms with Gasteiger partial charge in [-0.05, 0) is 12.8 Å². The van der Waals surface area contributed by atoms with Gasteiger partial charge < -0.3 is 5.32 Å². The number of sulfonamides is 1. The first-order valence-electron chi connectivity index (χ1n) is 5.76. The van der Waals surface area contributed by atoms with Crippen LogP contribution in [-0.4, -0.2) is 26.8 Å². The maximum absolute atomic E-state index is 12.9. The smallest absolute Gasteiger partial charge is 0.233 e. The van der Waals surface area contributed by atoms with Crippen molar-refractivity contribution in [2.75, 3.05) is 17.0 Å². The lowest BCUT2D eigenvalue weighted by molar-refractivity contribution is 0.448. The number of anilines is 1. The standard InChI is InChI=1S/C11H13F3N2O2S/c12-9-5-8(6-10(13)11(9)14)16-19(17,18)4-3-15-7-1-2-7/h5-7,15-16H,1-4H2. The van der Waals surface area contributed by atoms with Gasteiger partial charge in [-0.2, -0.15) is 0 Å². The highest BCUT2D eigenvalue weighted by atomic mass is 32.2. The predicted molar refractivity (Wildman–Crippen MR) is 64.8 cm³/mol. The number of nitrogens with one attached hydrogen (secondary N) is 2. The second-order valence-electron chi connectivity index (χ2n) is 4.40. The fourth-order valence-electron chi connectivity index (χ4n) is 1.53. The molecule has 8 heteroatoms. The van der Waals surface area contributed by atoms with Gasteiger partial charge in [-0.25, -0.2) is 21.6 Å². The van der Waals surface area contributed by atoms with E-state index in [1.54, 1.807) is 0 Å². The van der Waals surface area contributed by atoms with E-state index < -0.39 is 27.5 Å². The Hall–Kier alpha value is -1.28. The van der Waals surface area contributed by atoms with E-state index in [9.17, 15) is 21.6 Å². The zero-order chi connectivity index (χ0) is 14.0. The molecule has 1 aliphatic rings. The fourth-order valence-corrected chi connectivity index (χ4v) is 2.50. The zero-order valence-electron chi connectivity index (χ0n) is 9.92. The van der Waals surface area contributed by atoms with Crippen LogP contribution < -0.4 is 10.0 Å². The van der Waals surface area contributed by atoms with Crippen LogP contribution in [0.3, 0.4) is 0 Å². The van der Waals surface area contributed by atoms with E-state index in [4.69, 9.17) is 0 Å². The molecule has 0 aliphatic heterocycles. The first-order chi connectivity index (χ1) is 8.87. The molecular weight excluding hydrogens is 281 g/mol. The average Bonchev–Trinajstić information content (AvgIpc) is 3.09. The maximum Gasteiger partial charge on any atom is 0.233 e. The lowest BCUT2D eigenvalue weighted by Gasteiger charge is -2.09. The summed E-state index contributed by atoms with van der Waals surface area (Å²) in [5.41, 5.74) is -0.331. The van der Waals surface area contributed by atoms with Gasteiger partial charge in [0.1, 0.15) is 0 Å². The topological polar surface area (TPSA) is 58.2 Å². The Morgan fingerprint density at radius 1 is 1.16 bits per heavy atom. The Bertz CT molecular complexity index is 550. The summed E-state index contributed by atoms with van der Waals surface area (Å²) in [6, 6.07) is 1.57. The van der Waals surface area contributed by atoms with Crippen LogP contribution in [0.15, 0.2) is 12.1 Å². The number of rotatable bonds is 6. The molecule has 1 fully saturated rings. The van der Waals surface area contributed by atoms with Crippen molar-refractivity contribution >= 4 is 15.7 Å². The van der Waals surface area contributed by atoms with E-state index in [2.05, 4.69) is 5.32 Å². The fraction of sp³-hybridized carbons (Fsp3) is 0.455. The van der Waals surface area contributed by atoms with Gasteiger partial charge in [0, 0.05) is 24.7 Å². The SMILES string of the molecule is O=S(=O)(CCNC1CC1)Nc1cc(F)c(F)c(F)c1. The van der Waals surface area contributed by atoms with Crippen molar-refractivity contribution < 1.29 is 21.6 Å². The molecule has 1 aromatic carbocycles. The summed E-state index contributed by atoms with van der Waals surface area (Å²) < 4.78 is 63.8. The molecule has 1 aromatic rings. The number of benzene rings is 1. The lowest BCUT2D eigenvalue weighted by Crippen LogP contribution is -2.28. The maximum atomic E-state index is 12.9. The van der Waals surface area contributed by atoms with Crippen LogP contribution in [0.2, 0.25) is 0 Å². The summed E-state index contributed by atoms with van der Waals surface area (Å²) in [5, 5.41) is 3.00. The predicted octanol–water partition coefficient (Wildman–Crippen LogP) is 1.60. The largest absolute Gasteiger partial charge is 0.313 e. The summed E-state index contributed by atoms with van der Waals surface area (Å²) in [7, 11) is -3.72. The van der Waals surface area contributed by atoms with Crippen LogP contribution in [0.4, 0.5) is 18.9 Å². The highest BCUT2D eigenvalue weighted by Gasteiger charge is 2.21. The quantitative estimate of drug-likeness (QED) is 0.784. The first kappa shape index (κ1) is 14.1. The van der Waals surface area contributed by atoms with Gasteiger partial charge in [-0.15, -0.1) is 0 Å². The molecule has 0 spiro atoms. The molecule has 0 heterocycles. The Balaban J connectivity index is 1.98. The van der Waals surface area contributed by atoms with Gasteiger partial charge in [-0.3, -0.25) is 4.72 Å². The van der Waals surface area contributed by atoms with Crippen LogP contribution >= 0.6 is 0 Å². The summed E-state index contributed by atoms with van der Waals surface area (Å²) in [6.07, 6.45) is 2.06. The molecule has 0 aromatic heterocycles. The first-order valence-corrected chi connectivity index (χ1v) is 7.41. The van der Waals surface area contributed by atoms with Gasteiger partial charge in [0.05, 0.1) is 11.4 Å². The Morgan fingerprint density at radius 2 is 1.74 bits per heavy atom. The van der Waals surface area contributed by atoms with Crippen LogP contribution in [0, 0.1) is 17.5 Å². The van der Waals surface area contributed by atoms with E-state index in [-0.39, 0.29) is 18.0 Å². The molecule has 0 radical (unpaired) electrons. The molecule has 4 nitrogen and oxygen atoms in total. The summed E-state index contributed by atoms with van der Waals surface area (Å²) >= 11 is 0. The molecule has 0 unspecified atom stereocenters. The number of hydrogen-bond acceptors (Lipinski definition) is 3. The van der Waals surface area contributed by atoms with Crippen LogP contribution in [0.5, 0.6) is 0 Å². The third-order valence-electron chi connectivity index (χ3n) is 2.64. The Morgan fingerprint density at radius 3 is 2.26 bits per heavy atom. The van der Waals surface area contributed by atoms with E-state index in [0.29, 0.717) is 18.2 Å². The van der Waals surface area contributed by atoms with Crippen LogP contribution in [0.25, 0.3) is 0 Å². The Labute approximate surface area is 109 Å². The van der Waals surface area contributed by atoms with Gasteiger partial charge >= 0.3 is 0 Å². The van der Waals surface area contributed by atoms with Gasteiger partial charge in [0.2, 0.25) is 10.0 Å². The highest BCUT2D eigenvalue weighted by Crippen LogP contribution is 2.19. The molecule has 106 valence electrons. The molecule has 0 saturated heterocycles. The molecule has 0 atom stereocenters. The van der Waals surface area contributed by atoms with Crippen molar-refractivity contribution in [3.05, 3.63) is 29.6 Å². The lowest BCUT2D eigenvalue weighted by atomic mass is 10.3. The molecule has 0 bridgehead atoms. The molecule has 1 saturated carbocycles. The number of halogens is 3.